The van der Waals surface area contributed by atoms with E-state index in [2.05, 4.69) is 0 Å². The average molecular weight is 238 g/mol. The molecule has 1 aromatic carbocycles. The van der Waals surface area contributed by atoms with E-state index in [0.717, 1.165) is 5.56 Å². The minimum Gasteiger partial charge on any atom is -0.482 e. The number of benzene rings is 1. The van der Waals surface area contributed by atoms with Crippen LogP contribution in [0.3, 0.4) is 0 Å². The van der Waals surface area contributed by atoms with Crippen LogP contribution in [0.1, 0.15) is 31.1 Å². The Bertz CT molecular complexity index is 385. The molecule has 0 spiro atoms. The van der Waals surface area contributed by atoms with Crippen LogP contribution in [0.4, 0.5) is 0 Å². The van der Waals surface area contributed by atoms with Gasteiger partial charge < -0.3 is 14.6 Å². The van der Waals surface area contributed by atoms with E-state index in [1.165, 1.54) is 0 Å². The van der Waals surface area contributed by atoms with Gasteiger partial charge in [-0.3, -0.25) is 0 Å². The second kappa shape index (κ2) is 6.25. The van der Waals surface area contributed by atoms with Crippen molar-refractivity contribution in [2.45, 2.75) is 26.9 Å². The van der Waals surface area contributed by atoms with Gasteiger partial charge in [0.1, 0.15) is 5.75 Å². The van der Waals surface area contributed by atoms with Crippen LogP contribution in [0.2, 0.25) is 0 Å². The van der Waals surface area contributed by atoms with Crippen LogP contribution in [0.5, 0.6) is 5.75 Å². The Morgan fingerprint density at radius 2 is 2.18 bits per heavy atom. The van der Waals surface area contributed by atoms with Crippen molar-refractivity contribution in [2.24, 2.45) is 0 Å². The molecule has 0 aliphatic rings. The molecule has 17 heavy (non-hydrogen) atoms. The van der Waals surface area contributed by atoms with E-state index < -0.39 is 12.1 Å². The van der Waals surface area contributed by atoms with E-state index in [1.54, 1.807) is 19.9 Å². The summed E-state index contributed by atoms with van der Waals surface area (Å²) in [4.78, 5) is 11.2. The first-order valence-corrected chi connectivity index (χ1v) is 5.61. The lowest BCUT2D eigenvalue weighted by atomic mass is 10.1. The largest absolute Gasteiger partial charge is 0.482 e. The second-order valence-corrected chi connectivity index (χ2v) is 3.81. The number of aliphatic hydroxyl groups excluding tert-OH is 1. The molecule has 4 heteroatoms. The summed E-state index contributed by atoms with van der Waals surface area (Å²) in [7, 11) is 0. The van der Waals surface area contributed by atoms with Crippen LogP contribution in [-0.4, -0.2) is 24.3 Å². The van der Waals surface area contributed by atoms with Gasteiger partial charge in [-0.2, -0.15) is 0 Å². The summed E-state index contributed by atoms with van der Waals surface area (Å²) in [6.07, 6.45) is -0.632. The maximum Gasteiger partial charge on any atom is 0.344 e. The maximum atomic E-state index is 11.2. The molecule has 94 valence electrons. The van der Waals surface area contributed by atoms with Gasteiger partial charge in [-0.1, -0.05) is 11.6 Å². The van der Waals surface area contributed by atoms with E-state index >= 15 is 0 Å². The summed E-state index contributed by atoms with van der Waals surface area (Å²) < 4.78 is 10.1. The summed E-state index contributed by atoms with van der Waals surface area (Å²) >= 11 is 0. The van der Waals surface area contributed by atoms with Gasteiger partial charge in [0.15, 0.2) is 6.61 Å². The molecule has 0 aromatic heterocycles. The molecule has 1 atom stereocenters. The van der Waals surface area contributed by atoms with Crippen molar-refractivity contribution in [1.29, 1.82) is 0 Å². The molecule has 0 radical (unpaired) electrons. The zero-order valence-electron chi connectivity index (χ0n) is 10.4. The topological polar surface area (TPSA) is 55.8 Å². The highest BCUT2D eigenvalue weighted by atomic mass is 16.6. The molecule has 0 saturated heterocycles. The molecule has 1 rings (SSSR count). The third kappa shape index (κ3) is 4.07. The van der Waals surface area contributed by atoms with Crippen LogP contribution < -0.4 is 4.74 Å². The number of aliphatic hydroxyl groups is 1. The number of hydrogen-bond donors (Lipinski definition) is 1. The molecule has 0 bridgehead atoms. The zero-order valence-corrected chi connectivity index (χ0v) is 10.4. The molecule has 0 saturated carbocycles. The van der Waals surface area contributed by atoms with E-state index in [4.69, 9.17) is 9.47 Å². The molecule has 0 fully saturated rings. The van der Waals surface area contributed by atoms with Crippen molar-refractivity contribution >= 4 is 5.97 Å². The zero-order chi connectivity index (χ0) is 12.8. The van der Waals surface area contributed by atoms with Gasteiger partial charge in [0.05, 0.1) is 12.7 Å². The van der Waals surface area contributed by atoms with Crippen LogP contribution >= 0.6 is 0 Å². The maximum absolute atomic E-state index is 11.2. The standard InChI is InChI=1S/C13H18O4/c1-4-16-13(15)8-17-12-6-5-9(2)7-11(12)10(3)14/h5-7,10,14H,4,8H2,1-3H3/t10-/m0/s1. The highest BCUT2D eigenvalue weighted by Crippen LogP contribution is 2.26. The number of rotatable bonds is 5. The number of aryl methyl sites for hydroxylation is 1. The Kier molecular flexibility index (Phi) is 4.97. The number of carbonyl (C=O) groups excluding carboxylic acids is 1. The molecule has 0 amide bonds. The monoisotopic (exact) mass is 238 g/mol. The van der Waals surface area contributed by atoms with Crippen LogP contribution in [0.15, 0.2) is 18.2 Å². The normalized spacial score (nSPS) is 12.0. The molecular weight excluding hydrogens is 220 g/mol. The summed E-state index contributed by atoms with van der Waals surface area (Å²) in [5.41, 5.74) is 1.71. The Balaban J connectivity index is 2.73. The highest BCUT2D eigenvalue weighted by molar-refractivity contribution is 5.71. The quantitative estimate of drug-likeness (QED) is 0.797. The second-order valence-electron chi connectivity index (χ2n) is 3.81. The molecule has 0 aliphatic heterocycles. The first-order chi connectivity index (χ1) is 8.04. The SMILES string of the molecule is CCOC(=O)COc1ccc(C)cc1[C@H](C)O. The van der Waals surface area contributed by atoms with E-state index in [1.807, 2.05) is 19.1 Å². The fourth-order valence-corrected chi connectivity index (χ4v) is 1.47. The van der Waals surface area contributed by atoms with Crippen LogP contribution in [0, 0.1) is 6.92 Å². The van der Waals surface area contributed by atoms with Crippen molar-refractivity contribution in [3.05, 3.63) is 29.3 Å². The summed E-state index contributed by atoms with van der Waals surface area (Å²) in [6.45, 7) is 5.52. The number of carbonyl (C=O) groups is 1. The van der Waals surface area contributed by atoms with E-state index in [9.17, 15) is 9.90 Å². The van der Waals surface area contributed by atoms with Crippen molar-refractivity contribution in [1.82, 2.24) is 0 Å². The van der Waals surface area contributed by atoms with E-state index in [0.29, 0.717) is 17.9 Å². The lowest BCUT2D eigenvalue weighted by Crippen LogP contribution is -2.15. The predicted octanol–water partition coefficient (Wildman–Crippen LogP) is 1.99. The van der Waals surface area contributed by atoms with Gasteiger partial charge in [0, 0.05) is 5.56 Å². The fourth-order valence-electron chi connectivity index (χ4n) is 1.47. The van der Waals surface area contributed by atoms with Gasteiger partial charge in [-0.15, -0.1) is 0 Å². The molecule has 4 nitrogen and oxygen atoms in total. The van der Waals surface area contributed by atoms with Crippen molar-refractivity contribution in [3.8, 4) is 5.75 Å². The van der Waals surface area contributed by atoms with Gasteiger partial charge in [0.2, 0.25) is 0 Å². The lowest BCUT2D eigenvalue weighted by molar-refractivity contribution is -0.145. The third-order valence-corrected chi connectivity index (χ3v) is 2.27. The van der Waals surface area contributed by atoms with Gasteiger partial charge in [-0.25, -0.2) is 4.79 Å². The minimum absolute atomic E-state index is 0.142. The van der Waals surface area contributed by atoms with Gasteiger partial charge in [-0.05, 0) is 32.9 Å². The lowest BCUT2D eigenvalue weighted by Gasteiger charge is -2.13. The highest BCUT2D eigenvalue weighted by Gasteiger charge is 2.11. The first kappa shape index (κ1) is 13.5. The Morgan fingerprint density at radius 1 is 1.47 bits per heavy atom. The average Bonchev–Trinajstić information content (AvgIpc) is 2.27. The summed E-state index contributed by atoms with van der Waals surface area (Å²) in [5, 5.41) is 9.60. The van der Waals surface area contributed by atoms with Crippen molar-refractivity contribution in [2.75, 3.05) is 13.2 Å². The number of hydrogen-bond acceptors (Lipinski definition) is 4. The number of esters is 1. The molecule has 1 aromatic rings. The summed E-state index contributed by atoms with van der Waals surface area (Å²) in [5.74, 6) is 0.100. The smallest absolute Gasteiger partial charge is 0.344 e. The van der Waals surface area contributed by atoms with Gasteiger partial charge in [0.25, 0.3) is 0 Å². The van der Waals surface area contributed by atoms with Crippen molar-refractivity contribution in [3.63, 3.8) is 0 Å². The van der Waals surface area contributed by atoms with E-state index in [-0.39, 0.29) is 6.61 Å². The van der Waals surface area contributed by atoms with Crippen molar-refractivity contribution < 1.29 is 19.4 Å². The minimum atomic E-state index is -0.632. The number of ether oxygens (including phenoxy) is 2. The predicted molar refractivity (Wildman–Crippen MR) is 63.9 cm³/mol. The third-order valence-electron chi connectivity index (χ3n) is 2.27. The molecular formula is C13H18O4. The Labute approximate surface area is 101 Å². The molecule has 0 aliphatic carbocycles. The Hall–Kier alpha value is -1.55. The fraction of sp³-hybridized carbons (Fsp3) is 0.462. The summed E-state index contributed by atoms with van der Waals surface area (Å²) in [6, 6.07) is 5.45. The Morgan fingerprint density at radius 3 is 2.76 bits per heavy atom. The first-order valence-electron chi connectivity index (χ1n) is 5.61. The van der Waals surface area contributed by atoms with Crippen LogP contribution in [-0.2, 0) is 9.53 Å². The van der Waals surface area contributed by atoms with Gasteiger partial charge >= 0.3 is 5.97 Å². The molecule has 0 heterocycles. The molecule has 0 unspecified atom stereocenters. The molecule has 1 N–H and O–H groups in total. The van der Waals surface area contributed by atoms with Crippen LogP contribution in [0.25, 0.3) is 0 Å².